The van der Waals surface area contributed by atoms with Crippen molar-refractivity contribution in [3.8, 4) is 0 Å². The number of aliphatic carboxylic acids is 1. The van der Waals surface area contributed by atoms with E-state index in [9.17, 15) is 19.5 Å². The minimum Gasteiger partial charge on any atom is -0.477 e. The van der Waals surface area contributed by atoms with Crippen molar-refractivity contribution >= 4 is 17.9 Å². The molecular formula is C84H138NO8+. The number of ether oxygens (including phenoxy) is 4. The van der Waals surface area contributed by atoms with Crippen LogP contribution in [0.1, 0.15) is 284 Å². The summed E-state index contributed by atoms with van der Waals surface area (Å²) in [6, 6.07) is 0. The van der Waals surface area contributed by atoms with E-state index in [0.717, 1.165) is 122 Å². The number of likely N-dealkylation sites (N-methyl/N-ethyl adjacent to an activating group) is 1. The van der Waals surface area contributed by atoms with Gasteiger partial charge < -0.3 is 28.5 Å². The molecule has 2 atom stereocenters. The van der Waals surface area contributed by atoms with Crippen LogP contribution in [0.5, 0.6) is 0 Å². The zero-order chi connectivity index (χ0) is 67.5. The molecule has 0 fully saturated rings. The molecule has 0 aliphatic heterocycles. The number of allylic oxidation sites excluding steroid dienone is 28. The molecule has 0 aromatic rings. The van der Waals surface area contributed by atoms with Gasteiger partial charge in [-0.15, -0.1) is 0 Å². The number of carbonyl (C=O) groups excluding carboxylic acids is 2. The van der Waals surface area contributed by atoms with Gasteiger partial charge in [-0.05, 0) is 128 Å². The van der Waals surface area contributed by atoms with Gasteiger partial charge in [-0.2, -0.15) is 0 Å². The number of unbranched alkanes of at least 4 members (excludes halogenated alkanes) is 24. The number of quaternary nitrogens is 1. The Balaban J connectivity index is 4.18. The van der Waals surface area contributed by atoms with Gasteiger partial charge >= 0.3 is 17.9 Å². The van der Waals surface area contributed by atoms with Crippen LogP contribution >= 0.6 is 0 Å². The summed E-state index contributed by atoms with van der Waals surface area (Å²) in [5.74, 6) is -2.07. The quantitative estimate of drug-likeness (QED) is 0.0211. The molecule has 0 saturated carbocycles. The second-order valence-electron chi connectivity index (χ2n) is 25.5. The fourth-order valence-corrected chi connectivity index (χ4v) is 9.86. The molecule has 2 unspecified atom stereocenters. The Kier molecular flexibility index (Phi) is 68.3. The number of carboxylic acids is 1. The van der Waals surface area contributed by atoms with Crippen molar-refractivity contribution in [3.63, 3.8) is 0 Å². The predicted octanol–water partition coefficient (Wildman–Crippen LogP) is 23.8. The summed E-state index contributed by atoms with van der Waals surface area (Å²) in [6.45, 7) is 4.60. The van der Waals surface area contributed by atoms with Gasteiger partial charge in [0.2, 0.25) is 0 Å². The van der Waals surface area contributed by atoms with Gasteiger partial charge in [0.05, 0.1) is 34.4 Å². The largest absolute Gasteiger partial charge is 0.477 e. The molecule has 9 nitrogen and oxygen atoms in total. The van der Waals surface area contributed by atoms with E-state index < -0.39 is 24.3 Å². The van der Waals surface area contributed by atoms with Crippen molar-refractivity contribution in [1.29, 1.82) is 0 Å². The number of hydrogen-bond donors (Lipinski definition) is 1. The van der Waals surface area contributed by atoms with Crippen LogP contribution in [0.25, 0.3) is 0 Å². The number of carbonyl (C=O) groups is 3. The standard InChI is InChI=1S/C84H137NO8/c1-6-8-10-12-14-16-18-20-22-24-26-28-30-32-34-36-38-40-41-43-44-46-48-50-52-54-56-58-60-62-64-66-68-70-72-74-81(86)91-78-80(79-92-84(83(88)89)90-77-76-85(3,4)5)93-82(87)75-73-71-69-67-65-63-61-59-57-55-53-51-49-47-45-42-39-37-35-33-31-29-27-25-23-21-19-17-15-13-11-9-7-2/h8-11,14-17,20-23,26-29,33,35,39,42,47,49,53,55,59,61,65,67,80,84H,6-7,12-13,18-19,24-25,30-32,34,36-38,40-41,43-46,48,50-52,54,56-58,60,62-64,66,68-79H2,1-5H3/p+1/b10-8-,11-9-,16-14-,17-15-,22-20-,23-21-,28-26-,29-27-,35-33-,42-39-,49-47-,55-53-,61-59-,67-65-. The highest BCUT2D eigenvalue weighted by Crippen LogP contribution is 2.17. The molecule has 0 aromatic heterocycles. The van der Waals surface area contributed by atoms with Crippen molar-refractivity contribution < 1.29 is 42.9 Å². The number of nitrogens with zero attached hydrogens (tertiary/aromatic N) is 1. The van der Waals surface area contributed by atoms with Crippen LogP contribution < -0.4 is 0 Å². The number of carboxylic acid groups (broad SMARTS) is 1. The third kappa shape index (κ3) is 73.9. The maximum absolute atomic E-state index is 12.9. The van der Waals surface area contributed by atoms with E-state index in [0.29, 0.717) is 17.4 Å². The Morgan fingerprint density at radius 3 is 0.882 bits per heavy atom. The lowest BCUT2D eigenvalue weighted by Gasteiger charge is -2.25. The summed E-state index contributed by atoms with van der Waals surface area (Å²) < 4.78 is 22.9. The molecule has 0 aliphatic carbocycles. The van der Waals surface area contributed by atoms with Crippen LogP contribution in [-0.2, 0) is 33.3 Å². The van der Waals surface area contributed by atoms with Crippen LogP contribution in [-0.4, -0.2) is 87.4 Å². The van der Waals surface area contributed by atoms with Gasteiger partial charge in [0, 0.05) is 12.8 Å². The highest BCUT2D eigenvalue weighted by molar-refractivity contribution is 5.71. The Bertz CT molecular complexity index is 2140. The van der Waals surface area contributed by atoms with Crippen LogP contribution in [0, 0.1) is 0 Å². The molecule has 1 N–H and O–H groups in total. The predicted molar refractivity (Wildman–Crippen MR) is 400 cm³/mol. The van der Waals surface area contributed by atoms with E-state index in [1.807, 2.05) is 21.1 Å². The summed E-state index contributed by atoms with van der Waals surface area (Å²) in [4.78, 5) is 37.7. The normalized spacial score (nSPS) is 13.7. The highest BCUT2D eigenvalue weighted by Gasteiger charge is 2.25. The van der Waals surface area contributed by atoms with E-state index in [-0.39, 0.29) is 38.6 Å². The van der Waals surface area contributed by atoms with Crippen LogP contribution in [0.3, 0.4) is 0 Å². The van der Waals surface area contributed by atoms with E-state index in [4.69, 9.17) is 18.9 Å². The first-order valence-electron chi connectivity index (χ1n) is 37.3. The first kappa shape index (κ1) is 87.7. The average molecular weight is 1290 g/mol. The number of rotatable bonds is 67. The van der Waals surface area contributed by atoms with E-state index in [1.165, 1.54) is 128 Å². The molecular weight excluding hydrogens is 1150 g/mol. The van der Waals surface area contributed by atoms with Crippen LogP contribution in [0.4, 0.5) is 0 Å². The monoisotopic (exact) mass is 1290 g/mol. The fraction of sp³-hybridized carbons (Fsp3) is 0.631. The fourth-order valence-electron chi connectivity index (χ4n) is 9.86. The Labute approximate surface area is 571 Å². The maximum atomic E-state index is 12.9. The van der Waals surface area contributed by atoms with Gasteiger partial charge in [-0.25, -0.2) is 4.79 Å². The first-order chi connectivity index (χ1) is 45.6. The van der Waals surface area contributed by atoms with Crippen LogP contribution in [0.15, 0.2) is 170 Å². The molecule has 0 rings (SSSR count). The second kappa shape index (κ2) is 72.5. The molecule has 0 amide bonds. The lowest BCUT2D eigenvalue weighted by molar-refractivity contribution is -0.870. The molecule has 9 heteroatoms. The van der Waals surface area contributed by atoms with Gasteiger partial charge in [0.15, 0.2) is 6.10 Å². The van der Waals surface area contributed by atoms with Crippen molar-refractivity contribution in [2.24, 2.45) is 0 Å². The number of hydrogen-bond acceptors (Lipinski definition) is 7. The van der Waals surface area contributed by atoms with Crippen LogP contribution in [0.2, 0.25) is 0 Å². The minimum absolute atomic E-state index is 0.171. The molecule has 0 radical (unpaired) electrons. The third-order valence-corrected chi connectivity index (χ3v) is 15.5. The smallest absolute Gasteiger partial charge is 0.361 e. The van der Waals surface area contributed by atoms with Gasteiger partial charge in [-0.3, -0.25) is 9.59 Å². The van der Waals surface area contributed by atoms with Crippen molar-refractivity contribution in [2.45, 2.75) is 296 Å². The van der Waals surface area contributed by atoms with Crippen molar-refractivity contribution in [2.75, 3.05) is 47.5 Å². The van der Waals surface area contributed by atoms with Crippen molar-refractivity contribution in [3.05, 3.63) is 170 Å². The highest BCUT2D eigenvalue weighted by atomic mass is 16.7. The molecule has 0 aromatic carbocycles. The average Bonchev–Trinajstić information content (AvgIpc) is 3.74. The second-order valence-corrected chi connectivity index (χ2v) is 25.5. The minimum atomic E-state index is -1.53. The lowest BCUT2D eigenvalue weighted by atomic mass is 10.0. The summed E-state index contributed by atoms with van der Waals surface area (Å²) in [7, 11) is 5.96. The summed E-state index contributed by atoms with van der Waals surface area (Å²) >= 11 is 0. The summed E-state index contributed by atoms with van der Waals surface area (Å²) in [5, 5.41) is 9.76. The molecule has 0 heterocycles. The zero-order valence-corrected chi connectivity index (χ0v) is 60.1. The Hall–Kier alpha value is -5.35. The maximum Gasteiger partial charge on any atom is 0.361 e. The Morgan fingerprint density at radius 2 is 0.581 bits per heavy atom. The van der Waals surface area contributed by atoms with Gasteiger partial charge in [0.25, 0.3) is 6.29 Å². The SMILES string of the molecule is CC/C=C\C/C=C\C/C=C\C/C=C\C/C=C\C/C=C\C/C=C\C/C=C\C/C=C\C/C=C\CCCCC(=O)OC(COC(=O)CCCCCCCCCCCCCCCCCCCCCCCC/C=C\C/C=C\C/C=C\C/C=C\CC)COC(OCC[N+](C)(C)C)C(=O)O. The first-order valence-corrected chi connectivity index (χ1v) is 37.3. The summed E-state index contributed by atoms with van der Waals surface area (Å²) in [6.07, 6.45) is 106. The molecule has 526 valence electrons. The molecule has 0 bridgehead atoms. The molecule has 0 saturated heterocycles. The Morgan fingerprint density at radius 1 is 0.323 bits per heavy atom. The van der Waals surface area contributed by atoms with E-state index >= 15 is 0 Å². The molecule has 0 aliphatic rings. The van der Waals surface area contributed by atoms with Gasteiger partial charge in [-0.1, -0.05) is 312 Å². The van der Waals surface area contributed by atoms with Crippen molar-refractivity contribution in [1.82, 2.24) is 0 Å². The number of esters is 2. The topological polar surface area (TPSA) is 108 Å². The van der Waals surface area contributed by atoms with E-state index in [1.54, 1.807) is 0 Å². The van der Waals surface area contributed by atoms with Gasteiger partial charge in [0.1, 0.15) is 13.2 Å². The third-order valence-electron chi connectivity index (χ3n) is 15.5. The molecule has 0 spiro atoms. The van der Waals surface area contributed by atoms with E-state index in [2.05, 4.69) is 184 Å². The molecule has 93 heavy (non-hydrogen) atoms. The zero-order valence-electron chi connectivity index (χ0n) is 60.1. The summed E-state index contributed by atoms with van der Waals surface area (Å²) in [5.41, 5.74) is 0. The lowest BCUT2D eigenvalue weighted by Crippen LogP contribution is -2.40.